The molecule has 0 bridgehead atoms. The van der Waals surface area contributed by atoms with E-state index < -0.39 is 20.7 Å². The van der Waals surface area contributed by atoms with Crippen LogP contribution in [-0.2, 0) is 25.7 Å². The van der Waals surface area contributed by atoms with Gasteiger partial charge in [-0.3, -0.25) is 0 Å². The van der Waals surface area contributed by atoms with Crippen LogP contribution in [0, 0.1) is 0 Å². The van der Waals surface area contributed by atoms with E-state index in [9.17, 15) is 10.6 Å². The predicted octanol–water partition coefficient (Wildman–Crippen LogP) is 0.480. The Labute approximate surface area is 56.6 Å². The van der Waals surface area contributed by atoms with Gasteiger partial charge in [-0.05, 0) is 0 Å². The zero-order valence-corrected chi connectivity index (χ0v) is 8.12. The Morgan fingerprint density at radius 3 is 1.44 bits per heavy atom. The Hall–Kier alpha value is -0.00364. The fraction of sp³-hybridized carbons (Fsp3) is 1.00. The topological polar surface area (TPSA) is 63.2 Å². The number of hydrogen-bond acceptors (Lipinski definition) is 3. The Balaban J connectivity index is 4.26. The molecule has 0 unspecified atom stereocenters. The molecule has 0 aromatic rings. The zero-order valence-electron chi connectivity index (χ0n) is 5.58. The normalized spacial score (nSPS) is 13.7. The molecule has 0 saturated carbocycles. The first-order chi connectivity index (χ1) is 3.71. The maximum absolute atomic E-state index is 10.1. The van der Waals surface area contributed by atoms with Crippen molar-refractivity contribution in [1.29, 1.82) is 0 Å². The molecule has 1 N–H and O–H groups in total. The van der Waals surface area contributed by atoms with Crippen molar-refractivity contribution < 1.29 is 25.7 Å². The fourth-order valence-electron chi connectivity index (χ4n) is 0.325. The minimum absolute atomic E-state index is 0.617. The molecule has 0 atom stereocenters. The quantitative estimate of drug-likeness (QED) is 0.765. The van der Waals surface area contributed by atoms with Crippen LogP contribution < -0.4 is 4.02 Å². The van der Waals surface area contributed by atoms with Gasteiger partial charge in [0.25, 0.3) is 0 Å². The van der Waals surface area contributed by atoms with Crippen LogP contribution in [0.15, 0.2) is 0 Å². The third kappa shape index (κ3) is 8.00. The second kappa shape index (κ2) is 2.32. The molecule has 0 aliphatic rings. The molecule has 4 nitrogen and oxygen atoms in total. The van der Waals surface area contributed by atoms with Crippen molar-refractivity contribution in [2.75, 3.05) is 0 Å². The molecule has 0 aliphatic heterocycles. The molecule has 0 fully saturated rings. The molecule has 0 aromatic heterocycles. The summed E-state index contributed by atoms with van der Waals surface area (Å²) in [7, 11) is 0. The molecule has 9 heavy (non-hydrogen) atoms. The van der Waals surface area contributed by atoms with E-state index in [1.165, 1.54) is 0 Å². The maximum atomic E-state index is 10.1. The Bertz CT molecular complexity index is 212. The molecule has 0 rings (SSSR count). The van der Waals surface area contributed by atoms with Gasteiger partial charge in [-0.2, -0.15) is 0 Å². The summed E-state index contributed by atoms with van der Waals surface area (Å²) in [6.07, 6.45) is 0. The van der Waals surface area contributed by atoms with Crippen molar-refractivity contribution in [2.45, 2.75) is 26.3 Å². The molecular weight excluding hydrogens is 300 g/mol. The SMILES string of the molecule is CC(C)(C)[NH][Os](=[O])(=[O])=[O]. The summed E-state index contributed by atoms with van der Waals surface area (Å²) in [6, 6.07) is 0. The van der Waals surface area contributed by atoms with Crippen molar-refractivity contribution >= 4 is 0 Å². The summed E-state index contributed by atoms with van der Waals surface area (Å²) in [6.45, 7) is 4.88. The van der Waals surface area contributed by atoms with Crippen LogP contribution in [0.1, 0.15) is 20.8 Å². The minimum atomic E-state index is -5.30. The Morgan fingerprint density at radius 1 is 1.11 bits per heavy atom. The van der Waals surface area contributed by atoms with E-state index in [1.54, 1.807) is 20.8 Å². The van der Waals surface area contributed by atoms with Crippen LogP contribution in [0.25, 0.3) is 0 Å². The first-order valence-electron chi connectivity index (χ1n) is 2.36. The first kappa shape index (κ1) is 9.00. The van der Waals surface area contributed by atoms with Crippen LogP contribution in [0.4, 0.5) is 0 Å². The summed E-state index contributed by atoms with van der Waals surface area (Å²) >= 11 is -5.30. The molecule has 0 aliphatic carbocycles. The van der Waals surface area contributed by atoms with Crippen molar-refractivity contribution in [1.82, 2.24) is 4.02 Å². The third-order valence-corrected chi connectivity index (χ3v) is 3.06. The van der Waals surface area contributed by atoms with Gasteiger partial charge in [0.05, 0.1) is 0 Å². The van der Waals surface area contributed by atoms with Crippen LogP contribution >= 0.6 is 0 Å². The summed E-state index contributed by atoms with van der Waals surface area (Å²) in [5, 5.41) is 0. The van der Waals surface area contributed by atoms with Crippen LogP contribution in [0.2, 0.25) is 0 Å². The van der Waals surface area contributed by atoms with Gasteiger partial charge in [-0.25, -0.2) is 0 Å². The predicted molar refractivity (Wildman–Crippen MR) is 24.9 cm³/mol. The van der Waals surface area contributed by atoms with Crippen molar-refractivity contribution in [2.24, 2.45) is 0 Å². The Morgan fingerprint density at radius 2 is 1.44 bits per heavy atom. The van der Waals surface area contributed by atoms with Crippen LogP contribution in [-0.4, -0.2) is 5.54 Å². The summed E-state index contributed by atoms with van der Waals surface area (Å²) in [5.74, 6) is 0. The van der Waals surface area contributed by atoms with Gasteiger partial charge < -0.3 is 0 Å². The second-order valence-electron chi connectivity index (χ2n) is 2.73. The van der Waals surface area contributed by atoms with Gasteiger partial charge in [-0.15, -0.1) is 0 Å². The molecule has 5 heteroatoms. The van der Waals surface area contributed by atoms with Gasteiger partial charge >= 0.3 is 56.1 Å². The molecule has 57 valence electrons. The van der Waals surface area contributed by atoms with E-state index in [0.29, 0.717) is 0 Å². The molecule has 0 aromatic carbocycles. The first-order valence-corrected chi connectivity index (χ1v) is 6.74. The molecule has 0 amide bonds. The van der Waals surface area contributed by atoms with Gasteiger partial charge in [0.2, 0.25) is 0 Å². The van der Waals surface area contributed by atoms with Crippen molar-refractivity contribution in [3.63, 3.8) is 0 Å². The van der Waals surface area contributed by atoms with Gasteiger partial charge in [0.15, 0.2) is 0 Å². The monoisotopic (exact) mass is 312 g/mol. The summed E-state index contributed by atoms with van der Waals surface area (Å²) in [5.41, 5.74) is -0.617. The standard InChI is InChI=1S/C4H10N.3O.Os/c1-4(2,3)5;;;;/h5H,1-3H3;;;;/q-1;;;;+1. The number of hydrogen-bond donors (Lipinski definition) is 1. The van der Waals surface area contributed by atoms with E-state index in [2.05, 4.69) is 0 Å². The van der Waals surface area contributed by atoms with Gasteiger partial charge in [-0.1, -0.05) is 0 Å². The number of rotatable bonds is 1. The zero-order chi connectivity index (χ0) is 7.71. The molecule has 0 radical (unpaired) electrons. The number of nitrogens with one attached hydrogen (secondary N) is 1. The van der Waals surface area contributed by atoms with Crippen molar-refractivity contribution in [3.05, 3.63) is 0 Å². The van der Waals surface area contributed by atoms with E-state index in [-0.39, 0.29) is 0 Å². The van der Waals surface area contributed by atoms with Crippen LogP contribution in [0.3, 0.4) is 0 Å². The molecule has 0 saturated heterocycles. The van der Waals surface area contributed by atoms with E-state index in [4.69, 9.17) is 0 Å². The average Bonchev–Trinajstić information content (AvgIpc) is 1.14. The van der Waals surface area contributed by atoms with E-state index in [0.717, 1.165) is 0 Å². The summed E-state index contributed by atoms with van der Waals surface area (Å²) < 4.78 is 32.3. The van der Waals surface area contributed by atoms with E-state index >= 15 is 0 Å². The third-order valence-electron chi connectivity index (χ3n) is 0.373. The Kier molecular flexibility index (Phi) is 2.32. The molecular formula is C4H10NO3Os. The second-order valence-corrected chi connectivity index (χ2v) is 6.19. The van der Waals surface area contributed by atoms with Crippen molar-refractivity contribution in [3.8, 4) is 0 Å². The summed E-state index contributed by atoms with van der Waals surface area (Å²) in [4.78, 5) is 0. The van der Waals surface area contributed by atoms with Crippen LogP contribution in [0.5, 0.6) is 0 Å². The van der Waals surface area contributed by atoms with Gasteiger partial charge in [0, 0.05) is 0 Å². The van der Waals surface area contributed by atoms with E-state index in [1.807, 2.05) is 4.02 Å². The van der Waals surface area contributed by atoms with Gasteiger partial charge in [0.1, 0.15) is 0 Å². The molecule has 0 heterocycles. The molecule has 0 spiro atoms. The fourth-order valence-corrected chi connectivity index (χ4v) is 2.66. The average molecular weight is 310 g/mol.